The molecular weight excluding hydrogens is 195 g/mol. The second kappa shape index (κ2) is 3.52. The monoisotopic (exact) mass is 206 g/mol. The van der Waals surface area contributed by atoms with Crippen LogP contribution in [-0.4, -0.2) is 18.8 Å². The fourth-order valence-corrected chi connectivity index (χ4v) is 1.56. The fraction of sp³-hybridized carbons (Fsp3) is 0.364. The van der Waals surface area contributed by atoms with Crippen molar-refractivity contribution in [2.75, 3.05) is 18.5 Å². The lowest BCUT2D eigenvalue weighted by Crippen LogP contribution is -2.54. The van der Waals surface area contributed by atoms with Gasteiger partial charge in [0.25, 0.3) is 0 Å². The maximum Gasteiger partial charge on any atom is 0.172 e. The topological polar surface area (TPSA) is 45.0 Å². The summed E-state index contributed by atoms with van der Waals surface area (Å²) < 4.78 is 18.1. The number of anilines is 1. The van der Waals surface area contributed by atoms with E-state index in [9.17, 15) is 4.39 Å². The Labute approximate surface area is 87.5 Å². The first-order chi connectivity index (χ1) is 7.13. The lowest BCUT2D eigenvalue weighted by molar-refractivity contribution is -0.0132. The van der Waals surface area contributed by atoms with Crippen LogP contribution in [0.1, 0.15) is 5.56 Å². The quantitative estimate of drug-likeness (QED) is 0.803. The minimum absolute atomic E-state index is 0.300. The van der Waals surface area contributed by atoms with Gasteiger partial charge in [-0.1, -0.05) is 0 Å². The summed E-state index contributed by atoms with van der Waals surface area (Å²) >= 11 is 0. The molecule has 1 aromatic carbocycles. The van der Waals surface area contributed by atoms with Gasteiger partial charge >= 0.3 is 0 Å². The molecule has 0 saturated carbocycles. The summed E-state index contributed by atoms with van der Waals surface area (Å²) in [5, 5.41) is 11.9. The number of rotatable bonds is 2. The third kappa shape index (κ3) is 1.92. The highest BCUT2D eigenvalue weighted by Gasteiger charge is 2.38. The van der Waals surface area contributed by atoms with Crippen LogP contribution in [0.4, 0.5) is 10.1 Å². The molecule has 1 saturated heterocycles. The molecule has 1 aliphatic rings. The van der Waals surface area contributed by atoms with E-state index in [-0.39, 0.29) is 5.82 Å². The van der Waals surface area contributed by atoms with E-state index in [2.05, 4.69) is 11.4 Å². The Kier molecular flexibility index (Phi) is 2.33. The Morgan fingerprint density at radius 3 is 2.67 bits per heavy atom. The number of benzene rings is 1. The van der Waals surface area contributed by atoms with Gasteiger partial charge in [0.05, 0.1) is 19.3 Å². The summed E-state index contributed by atoms with van der Waals surface area (Å²) in [6, 6.07) is 6.78. The Morgan fingerprint density at radius 2 is 2.20 bits per heavy atom. The highest BCUT2D eigenvalue weighted by Crippen LogP contribution is 2.23. The van der Waals surface area contributed by atoms with Gasteiger partial charge in [-0.3, -0.25) is 0 Å². The molecule has 0 radical (unpaired) electrons. The summed E-state index contributed by atoms with van der Waals surface area (Å²) in [5.74, 6) is -0.300. The molecular formula is C11H11FN2O. The van der Waals surface area contributed by atoms with E-state index in [0.29, 0.717) is 18.9 Å². The van der Waals surface area contributed by atoms with Crippen molar-refractivity contribution < 1.29 is 9.13 Å². The van der Waals surface area contributed by atoms with Crippen molar-refractivity contribution >= 4 is 5.69 Å². The van der Waals surface area contributed by atoms with Crippen molar-refractivity contribution in [1.29, 1.82) is 5.26 Å². The molecule has 1 aromatic rings. The van der Waals surface area contributed by atoms with Crippen molar-refractivity contribution in [1.82, 2.24) is 0 Å². The van der Waals surface area contributed by atoms with Gasteiger partial charge in [0.15, 0.2) is 5.54 Å². The average Bonchev–Trinajstić information content (AvgIpc) is 2.10. The molecule has 78 valence electrons. The molecule has 1 fully saturated rings. The molecule has 0 aromatic heterocycles. The highest BCUT2D eigenvalue weighted by molar-refractivity contribution is 5.50. The standard InChI is InChI=1S/C11H11FN2O/c1-8-2-9(12)4-10(3-8)14-11(5-13)6-15-7-11/h2-4,14H,6-7H2,1H3. The lowest BCUT2D eigenvalue weighted by Gasteiger charge is -2.36. The number of hydrogen-bond acceptors (Lipinski definition) is 3. The smallest absolute Gasteiger partial charge is 0.172 e. The molecule has 0 amide bonds. The van der Waals surface area contributed by atoms with Crippen LogP contribution < -0.4 is 5.32 Å². The summed E-state index contributed by atoms with van der Waals surface area (Å²) in [6.45, 7) is 2.50. The first-order valence-corrected chi connectivity index (χ1v) is 4.68. The maximum atomic E-state index is 13.1. The molecule has 3 nitrogen and oxygen atoms in total. The van der Waals surface area contributed by atoms with Crippen LogP contribution >= 0.6 is 0 Å². The summed E-state index contributed by atoms with van der Waals surface area (Å²) in [6.07, 6.45) is 0. The minimum Gasteiger partial charge on any atom is -0.374 e. The van der Waals surface area contributed by atoms with E-state index in [4.69, 9.17) is 10.00 Å². The Bertz CT molecular complexity index is 401. The van der Waals surface area contributed by atoms with Gasteiger partial charge in [0.1, 0.15) is 5.82 Å². The Morgan fingerprint density at radius 1 is 1.47 bits per heavy atom. The number of ether oxygens (including phenoxy) is 1. The molecule has 0 unspecified atom stereocenters. The summed E-state index contributed by atoms with van der Waals surface area (Å²) in [4.78, 5) is 0. The normalized spacial score (nSPS) is 17.7. The Balaban J connectivity index is 2.21. The van der Waals surface area contributed by atoms with Crippen molar-refractivity contribution in [3.8, 4) is 6.07 Å². The van der Waals surface area contributed by atoms with E-state index in [1.807, 2.05) is 6.92 Å². The highest BCUT2D eigenvalue weighted by atomic mass is 19.1. The molecule has 2 rings (SSSR count). The summed E-state index contributed by atoms with van der Waals surface area (Å²) in [5.41, 5.74) is 0.767. The van der Waals surface area contributed by atoms with Crippen LogP contribution in [-0.2, 0) is 4.74 Å². The number of halogens is 1. The van der Waals surface area contributed by atoms with E-state index in [1.165, 1.54) is 12.1 Å². The SMILES string of the molecule is Cc1cc(F)cc(NC2(C#N)COC2)c1. The van der Waals surface area contributed by atoms with E-state index in [0.717, 1.165) is 5.56 Å². The van der Waals surface area contributed by atoms with E-state index in [1.54, 1.807) is 6.07 Å². The number of nitriles is 1. The third-order valence-electron chi connectivity index (χ3n) is 2.34. The maximum absolute atomic E-state index is 13.1. The third-order valence-corrected chi connectivity index (χ3v) is 2.34. The van der Waals surface area contributed by atoms with Crippen LogP contribution in [0.3, 0.4) is 0 Å². The first kappa shape index (κ1) is 9.94. The molecule has 15 heavy (non-hydrogen) atoms. The van der Waals surface area contributed by atoms with Gasteiger partial charge in [0, 0.05) is 5.69 Å². The number of nitrogens with zero attached hydrogens (tertiary/aromatic N) is 1. The zero-order valence-electron chi connectivity index (χ0n) is 8.38. The lowest BCUT2D eigenvalue weighted by atomic mass is 9.99. The van der Waals surface area contributed by atoms with Crippen LogP contribution in [0, 0.1) is 24.1 Å². The van der Waals surface area contributed by atoms with Crippen LogP contribution in [0.15, 0.2) is 18.2 Å². The van der Waals surface area contributed by atoms with Crippen molar-refractivity contribution in [3.63, 3.8) is 0 Å². The molecule has 0 bridgehead atoms. The molecule has 4 heteroatoms. The van der Waals surface area contributed by atoms with Gasteiger partial charge in [-0.25, -0.2) is 4.39 Å². The zero-order chi connectivity index (χ0) is 10.9. The van der Waals surface area contributed by atoms with E-state index < -0.39 is 5.54 Å². The molecule has 1 N–H and O–H groups in total. The predicted octanol–water partition coefficient (Wildman–Crippen LogP) is 1.84. The average molecular weight is 206 g/mol. The zero-order valence-corrected chi connectivity index (χ0v) is 8.38. The van der Waals surface area contributed by atoms with Crippen molar-refractivity contribution in [2.24, 2.45) is 0 Å². The molecule has 1 aliphatic heterocycles. The van der Waals surface area contributed by atoms with Crippen molar-refractivity contribution in [3.05, 3.63) is 29.6 Å². The largest absolute Gasteiger partial charge is 0.374 e. The second-order valence-corrected chi connectivity index (χ2v) is 3.83. The predicted molar refractivity (Wildman–Crippen MR) is 53.9 cm³/mol. The van der Waals surface area contributed by atoms with Crippen LogP contribution in [0.2, 0.25) is 0 Å². The fourth-order valence-electron chi connectivity index (χ4n) is 1.56. The van der Waals surface area contributed by atoms with Gasteiger partial charge in [-0.05, 0) is 30.7 Å². The van der Waals surface area contributed by atoms with E-state index >= 15 is 0 Å². The van der Waals surface area contributed by atoms with Crippen molar-refractivity contribution in [2.45, 2.75) is 12.5 Å². The Hall–Kier alpha value is -1.60. The molecule has 1 heterocycles. The number of hydrogen-bond donors (Lipinski definition) is 1. The number of nitrogens with one attached hydrogen (secondary N) is 1. The van der Waals surface area contributed by atoms with Gasteiger partial charge in [-0.15, -0.1) is 0 Å². The van der Waals surface area contributed by atoms with Crippen LogP contribution in [0.25, 0.3) is 0 Å². The van der Waals surface area contributed by atoms with Crippen LogP contribution in [0.5, 0.6) is 0 Å². The molecule has 0 spiro atoms. The van der Waals surface area contributed by atoms with Gasteiger partial charge in [-0.2, -0.15) is 5.26 Å². The van der Waals surface area contributed by atoms with Gasteiger partial charge < -0.3 is 10.1 Å². The first-order valence-electron chi connectivity index (χ1n) is 4.68. The number of aryl methyl sites for hydroxylation is 1. The summed E-state index contributed by atoms with van der Waals surface area (Å²) in [7, 11) is 0. The minimum atomic E-state index is -0.680. The molecule has 0 aliphatic carbocycles. The molecule has 0 atom stereocenters. The van der Waals surface area contributed by atoms with Gasteiger partial charge in [0.2, 0.25) is 0 Å². The second-order valence-electron chi connectivity index (χ2n) is 3.83.